The lowest BCUT2D eigenvalue weighted by atomic mass is 10.0. The first kappa shape index (κ1) is 19.5. The summed E-state index contributed by atoms with van der Waals surface area (Å²) in [6, 6.07) is 14.9. The van der Waals surface area contributed by atoms with E-state index in [1.54, 1.807) is 14.0 Å². The van der Waals surface area contributed by atoms with Gasteiger partial charge in [-0.1, -0.05) is 12.1 Å². The lowest BCUT2D eigenvalue weighted by Crippen LogP contribution is -2.19. The fourth-order valence-electron chi connectivity index (χ4n) is 3.35. The van der Waals surface area contributed by atoms with Crippen molar-refractivity contribution in [2.24, 2.45) is 0 Å². The molecule has 2 heterocycles. The number of nitrogens with one attached hydrogen (secondary N) is 2. The molecule has 2 N–H and O–H groups in total. The first-order valence-corrected chi connectivity index (χ1v) is 9.69. The van der Waals surface area contributed by atoms with Gasteiger partial charge >= 0.3 is 5.97 Å². The number of H-pyrrole nitrogens is 2. The molecule has 154 valence electrons. The van der Waals surface area contributed by atoms with E-state index in [1.165, 1.54) is 4.68 Å². The number of hydrogen-bond acceptors (Lipinski definition) is 5. The third-order valence-corrected chi connectivity index (χ3v) is 4.84. The highest BCUT2D eigenvalue weighted by molar-refractivity contribution is 5.76. The molecule has 0 aliphatic rings. The van der Waals surface area contributed by atoms with Crippen molar-refractivity contribution in [3.63, 3.8) is 0 Å². The predicted octanol–water partition coefficient (Wildman–Crippen LogP) is 3.21. The molecule has 0 aliphatic heterocycles. The van der Waals surface area contributed by atoms with Gasteiger partial charge in [-0.15, -0.1) is 0 Å². The number of aromatic nitrogens is 4. The number of aromatic amines is 2. The molecule has 0 saturated heterocycles. The minimum absolute atomic E-state index is 0.115. The van der Waals surface area contributed by atoms with Gasteiger partial charge in [-0.25, -0.2) is 4.98 Å². The molecule has 0 saturated carbocycles. The Morgan fingerprint density at radius 1 is 1.13 bits per heavy atom. The maximum absolute atomic E-state index is 13.2. The van der Waals surface area contributed by atoms with Crippen LogP contribution in [-0.2, 0) is 16.0 Å². The fraction of sp³-hybridized carbons (Fsp3) is 0.227. The number of carbonyl (C=O) groups is 1. The maximum Gasteiger partial charge on any atom is 0.306 e. The van der Waals surface area contributed by atoms with Gasteiger partial charge in [0.1, 0.15) is 5.75 Å². The number of para-hydroxylation sites is 2. The van der Waals surface area contributed by atoms with Crippen LogP contribution in [0.2, 0.25) is 0 Å². The predicted molar refractivity (Wildman–Crippen MR) is 113 cm³/mol. The first-order valence-electron chi connectivity index (χ1n) is 9.69. The summed E-state index contributed by atoms with van der Waals surface area (Å²) in [6.45, 7) is 2.06. The molecule has 30 heavy (non-hydrogen) atoms. The number of nitrogens with zero attached hydrogens (tertiary/aromatic N) is 2. The van der Waals surface area contributed by atoms with E-state index in [1.807, 2.05) is 48.5 Å². The Morgan fingerprint density at radius 2 is 1.90 bits per heavy atom. The summed E-state index contributed by atoms with van der Waals surface area (Å²) < 4.78 is 11.6. The number of esters is 1. The van der Waals surface area contributed by atoms with E-state index in [4.69, 9.17) is 9.47 Å². The summed E-state index contributed by atoms with van der Waals surface area (Å²) in [5, 5.41) is 3.15. The molecule has 0 atom stereocenters. The van der Waals surface area contributed by atoms with Crippen molar-refractivity contribution in [1.82, 2.24) is 19.7 Å². The lowest BCUT2D eigenvalue weighted by Gasteiger charge is -2.05. The van der Waals surface area contributed by atoms with E-state index in [0.29, 0.717) is 29.6 Å². The van der Waals surface area contributed by atoms with Gasteiger partial charge in [-0.2, -0.15) is 4.68 Å². The van der Waals surface area contributed by atoms with E-state index in [0.717, 1.165) is 16.6 Å². The average Bonchev–Trinajstić information content (AvgIpc) is 3.33. The molecule has 0 aliphatic carbocycles. The Bertz CT molecular complexity index is 1200. The van der Waals surface area contributed by atoms with E-state index >= 15 is 0 Å². The van der Waals surface area contributed by atoms with Crippen LogP contribution >= 0.6 is 0 Å². The Kier molecular flexibility index (Phi) is 5.38. The second kappa shape index (κ2) is 8.28. The van der Waals surface area contributed by atoms with Crippen LogP contribution in [-0.4, -0.2) is 39.4 Å². The third-order valence-electron chi connectivity index (χ3n) is 4.84. The van der Waals surface area contributed by atoms with Gasteiger partial charge in [0.05, 0.1) is 30.4 Å². The minimum Gasteiger partial charge on any atom is -0.497 e. The molecule has 0 unspecified atom stereocenters. The summed E-state index contributed by atoms with van der Waals surface area (Å²) in [7, 11) is 1.60. The average molecular weight is 406 g/mol. The molecule has 2 aromatic carbocycles. The normalized spacial score (nSPS) is 11.0. The number of ether oxygens (including phenoxy) is 2. The zero-order valence-corrected chi connectivity index (χ0v) is 16.8. The van der Waals surface area contributed by atoms with Crippen LogP contribution in [0.25, 0.3) is 28.2 Å². The van der Waals surface area contributed by atoms with Crippen molar-refractivity contribution in [3.05, 3.63) is 64.4 Å². The highest BCUT2D eigenvalue weighted by Gasteiger charge is 2.20. The molecule has 0 radical (unpaired) electrons. The zero-order chi connectivity index (χ0) is 21.1. The molecule has 8 heteroatoms. The highest BCUT2D eigenvalue weighted by atomic mass is 16.5. The summed E-state index contributed by atoms with van der Waals surface area (Å²) >= 11 is 0. The van der Waals surface area contributed by atoms with Gasteiger partial charge in [0.2, 0.25) is 5.95 Å². The van der Waals surface area contributed by atoms with Gasteiger partial charge in [0, 0.05) is 17.5 Å². The summed E-state index contributed by atoms with van der Waals surface area (Å²) in [5.41, 5.74) is 3.26. The fourth-order valence-corrected chi connectivity index (χ4v) is 3.35. The maximum atomic E-state index is 13.2. The van der Waals surface area contributed by atoms with Gasteiger partial charge in [0.25, 0.3) is 5.56 Å². The number of imidazole rings is 1. The molecule has 8 nitrogen and oxygen atoms in total. The van der Waals surface area contributed by atoms with E-state index in [9.17, 15) is 9.59 Å². The first-order chi connectivity index (χ1) is 14.6. The number of methoxy groups -OCH3 is 1. The largest absolute Gasteiger partial charge is 0.497 e. The van der Waals surface area contributed by atoms with Crippen LogP contribution in [0.5, 0.6) is 5.75 Å². The third kappa shape index (κ3) is 3.71. The number of carbonyl (C=O) groups excluding carboxylic acids is 1. The molecular formula is C22H22N4O4. The summed E-state index contributed by atoms with van der Waals surface area (Å²) in [6.07, 6.45) is 0.368. The van der Waals surface area contributed by atoms with Crippen LogP contribution in [0.1, 0.15) is 18.9 Å². The Labute approximate surface area is 172 Å². The van der Waals surface area contributed by atoms with Crippen LogP contribution in [0, 0.1) is 0 Å². The number of benzene rings is 2. The van der Waals surface area contributed by atoms with Gasteiger partial charge in [0.15, 0.2) is 0 Å². The molecule has 0 amide bonds. The van der Waals surface area contributed by atoms with Crippen molar-refractivity contribution in [2.45, 2.75) is 19.8 Å². The van der Waals surface area contributed by atoms with Gasteiger partial charge in [-0.05, 0) is 49.7 Å². The topological polar surface area (TPSA) is 102 Å². The number of hydrogen-bond donors (Lipinski definition) is 2. The lowest BCUT2D eigenvalue weighted by molar-refractivity contribution is -0.143. The van der Waals surface area contributed by atoms with E-state index in [-0.39, 0.29) is 24.4 Å². The quantitative estimate of drug-likeness (QED) is 0.459. The molecule has 0 spiro atoms. The summed E-state index contributed by atoms with van der Waals surface area (Å²) in [4.78, 5) is 32.8. The second-order valence-electron chi connectivity index (χ2n) is 6.72. The SMILES string of the molecule is CCOC(=O)CCc1c(-c2ccc(OC)cc2)[nH]n(-c2nc3ccccc3[nH]2)c1=O. The van der Waals surface area contributed by atoms with Crippen molar-refractivity contribution < 1.29 is 14.3 Å². The standard InChI is InChI=1S/C22H22N4O4/c1-3-30-19(27)13-12-16-20(14-8-10-15(29-2)11-9-14)25-26(21(16)28)22-23-17-6-4-5-7-18(17)24-22/h4-11,25H,3,12-13H2,1-2H3,(H,23,24). The number of rotatable bonds is 7. The minimum atomic E-state index is -0.339. The number of fused-ring (bicyclic) bond motifs is 1. The van der Waals surface area contributed by atoms with Crippen molar-refractivity contribution in [3.8, 4) is 23.0 Å². The van der Waals surface area contributed by atoms with Crippen LogP contribution in [0.15, 0.2) is 53.3 Å². The van der Waals surface area contributed by atoms with E-state index < -0.39 is 0 Å². The smallest absolute Gasteiger partial charge is 0.306 e. The van der Waals surface area contributed by atoms with Gasteiger partial charge in [-0.3, -0.25) is 14.7 Å². The van der Waals surface area contributed by atoms with Crippen molar-refractivity contribution >= 4 is 17.0 Å². The Morgan fingerprint density at radius 3 is 2.60 bits per heavy atom. The highest BCUT2D eigenvalue weighted by Crippen LogP contribution is 2.24. The zero-order valence-electron chi connectivity index (χ0n) is 16.8. The van der Waals surface area contributed by atoms with Crippen LogP contribution < -0.4 is 10.3 Å². The van der Waals surface area contributed by atoms with Crippen LogP contribution in [0.3, 0.4) is 0 Å². The molecular weight excluding hydrogens is 384 g/mol. The molecule has 4 aromatic rings. The molecule has 2 aromatic heterocycles. The molecule has 0 fully saturated rings. The van der Waals surface area contributed by atoms with Crippen molar-refractivity contribution in [2.75, 3.05) is 13.7 Å². The second-order valence-corrected chi connectivity index (χ2v) is 6.72. The van der Waals surface area contributed by atoms with Crippen LogP contribution in [0.4, 0.5) is 0 Å². The van der Waals surface area contributed by atoms with E-state index in [2.05, 4.69) is 15.1 Å². The summed E-state index contributed by atoms with van der Waals surface area (Å²) in [5.74, 6) is 0.762. The molecule has 0 bridgehead atoms. The van der Waals surface area contributed by atoms with Crippen molar-refractivity contribution in [1.29, 1.82) is 0 Å². The monoisotopic (exact) mass is 406 g/mol. The molecule has 4 rings (SSSR count). The van der Waals surface area contributed by atoms with Gasteiger partial charge < -0.3 is 14.5 Å². The Balaban J connectivity index is 1.79. The Hall–Kier alpha value is -3.81.